The predicted molar refractivity (Wildman–Crippen MR) is 60.2 cm³/mol. The summed E-state index contributed by atoms with van der Waals surface area (Å²) in [6.45, 7) is 4.36. The molecule has 1 aromatic heterocycles. The van der Waals surface area contributed by atoms with Crippen molar-refractivity contribution in [2.75, 3.05) is 0 Å². The normalized spacial score (nSPS) is 13.2. The minimum Gasteiger partial charge on any atom is -0.323 e. The standard InChI is InChI=1S/C11H19NS/c1-3-5-6-9-7-8-11(13-9)10(12)4-2/h7-8,10H,3-6,12H2,1-2H3/t10-/m1/s1. The van der Waals surface area contributed by atoms with Crippen molar-refractivity contribution < 1.29 is 0 Å². The average Bonchev–Trinajstić information content (AvgIpc) is 2.62. The molecule has 1 heterocycles. The van der Waals surface area contributed by atoms with Crippen molar-refractivity contribution in [3.63, 3.8) is 0 Å². The summed E-state index contributed by atoms with van der Waals surface area (Å²) in [5.74, 6) is 0. The lowest BCUT2D eigenvalue weighted by atomic mass is 10.2. The van der Waals surface area contributed by atoms with Crippen molar-refractivity contribution in [3.8, 4) is 0 Å². The maximum atomic E-state index is 5.95. The van der Waals surface area contributed by atoms with Gasteiger partial charge in [0.25, 0.3) is 0 Å². The monoisotopic (exact) mass is 197 g/mol. The number of rotatable bonds is 5. The number of thiophene rings is 1. The molecule has 0 amide bonds. The average molecular weight is 197 g/mol. The molecular weight excluding hydrogens is 178 g/mol. The highest BCUT2D eigenvalue weighted by atomic mass is 32.1. The summed E-state index contributed by atoms with van der Waals surface area (Å²) in [5, 5.41) is 0. The van der Waals surface area contributed by atoms with E-state index in [1.165, 1.54) is 29.0 Å². The Morgan fingerprint density at radius 3 is 2.77 bits per heavy atom. The van der Waals surface area contributed by atoms with Crippen molar-refractivity contribution in [1.29, 1.82) is 0 Å². The third-order valence-corrected chi connectivity index (χ3v) is 3.54. The van der Waals surface area contributed by atoms with Crippen LogP contribution in [0.3, 0.4) is 0 Å². The second kappa shape index (κ2) is 5.40. The lowest BCUT2D eigenvalue weighted by Gasteiger charge is -2.03. The third-order valence-electron chi connectivity index (χ3n) is 2.26. The van der Waals surface area contributed by atoms with Gasteiger partial charge in [0, 0.05) is 15.8 Å². The molecule has 0 radical (unpaired) electrons. The molecule has 1 aromatic rings. The van der Waals surface area contributed by atoms with Gasteiger partial charge in [0.15, 0.2) is 0 Å². The van der Waals surface area contributed by atoms with Crippen LogP contribution >= 0.6 is 11.3 Å². The first-order chi connectivity index (χ1) is 6.27. The first-order valence-corrected chi connectivity index (χ1v) is 5.93. The van der Waals surface area contributed by atoms with Crippen LogP contribution in [-0.4, -0.2) is 0 Å². The maximum Gasteiger partial charge on any atom is 0.0387 e. The summed E-state index contributed by atoms with van der Waals surface area (Å²) < 4.78 is 0. The molecule has 0 aromatic carbocycles. The van der Waals surface area contributed by atoms with Crippen molar-refractivity contribution in [3.05, 3.63) is 21.9 Å². The molecule has 2 N–H and O–H groups in total. The fourth-order valence-corrected chi connectivity index (χ4v) is 2.42. The number of aryl methyl sites for hydroxylation is 1. The Hall–Kier alpha value is -0.340. The van der Waals surface area contributed by atoms with Gasteiger partial charge < -0.3 is 5.73 Å². The molecular formula is C11H19NS. The summed E-state index contributed by atoms with van der Waals surface area (Å²) in [5.41, 5.74) is 5.95. The van der Waals surface area contributed by atoms with E-state index in [0.29, 0.717) is 0 Å². The van der Waals surface area contributed by atoms with Crippen LogP contribution in [0.15, 0.2) is 12.1 Å². The van der Waals surface area contributed by atoms with Crippen LogP contribution in [0.2, 0.25) is 0 Å². The third kappa shape index (κ3) is 3.12. The van der Waals surface area contributed by atoms with Crippen molar-refractivity contribution in [2.45, 2.75) is 45.6 Å². The van der Waals surface area contributed by atoms with E-state index in [0.717, 1.165) is 6.42 Å². The Bertz CT molecular complexity index is 242. The van der Waals surface area contributed by atoms with E-state index >= 15 is 0 Å². The highest BCUT2D eigenvalue weighted by Crippen LogP contribution is 2.24. The molecule has 74 valence electrons. The van der Waals surface area contributed by atoms with Gasteiger partial charge in [0.1, 0.15) is 0 Å². The molecule has 0 saturated heterocycles. The minimum atomic E-state index is 0.250. The SMILES string of the molecule is CCCCc1ccc([C@H](N)CC)s1. The first-order valence-electron chi connectivity index (χ1n) is 5.12. The van der Waals surface area contributed by atoms with Crippen molar-refractivity contribution >= 4 is 11.3 Å². The molecule has 1 rings (SSSR count). The van der Waals surface area contributed by atoms with E-state index in [1.54, 1.807) is 0 Å². The summed E-state index contributed by atoms with van der Waals surface area (Å²) in [6, 6.07) is 4.66. The van der Waals surface area contributed by atoms with Crippen LogP contribution in [0.4, 0.5) is 0 Å². The van der Waals surface area contributed by atoms with E-state index in [4.69, 9.17) is 5.73 Å². The zero-order valence-electron chi connectivity index (χ0n) is 8.55. The van der Waals surface area contributed by atoms with E-state index in [9.17, 15) is 0 Å². The molecule has 0 aliphatic rings. The van der Waals surface area contributed by atoms with E-state index < -0.39 is 0 Å². The molecule has 0 aliphatic heterocycles. The molecule has 0 saturated carbocycles. The van der Waals surface area contributed by atoms with Gasteiger partial charge in [0.05, 0.1) is 0 Å². The van der Waals surface area contributed by atoms with Crippen molar-refractivity contribution in [2.24, 2.45) is 5.73 Å². The van der Waals surface area contributed by atoms with Gasteiger partial charge in [-0.05, 0) is 31.4 Å². The van der Waals surface area contributed by atoms with E-state index in [1.807, 2.05) is 11.3 Å². The number of hydrogen-bond donors (Lipinski definition) is 1. The summed E-state index contributed by atoms with van der Waals surface area (Å²) >= 11 is 1.88. The highest BCUT2D eigenvalue weighted by Gasteiger charge is 2.06. The molecule has 0 unspecified atom stereocenters. The number of hydrogen-bond acceptors (Lipinski definition) is 2. The second-order valence-corrected chi connectivity index (χ2v) is 4.62. The topological polar surface area (TPSA) is 26.0 Å². The Morgan fingerprint density at radius 1 is 1.38 bits per heavy atom. The smallest absolute Gasteiger partial charge is 0.0387 e. The maximum absolute atomic E-state index is 5.95. The number of unbranched alkanes of at least 4 members (excludes halogenated alkanes) is 1. The second-order valence-electron chi connectivity index (χ2n) is 3.42. The fraction of sp³-hybridized carbons (Fsp3) is 0.636. The molecule has 0 spiro atoms. The van der Waals surface area contributed by atoms with Crippen LogP contribution in [0.1, 0.15) is 48.9 Å². The van der Waals surface area contributed by atoms with Gasteiger partial charge in [0.2, 0.25) is 0 Å². The zero-order chi connectivity index (χ0) is 9.68. The Labute approximate surface area is 85.0 Å². The van der Waals surface area contributed by atoms with Gasteiger partial charge in [-0.25, -0.2) is 0 Å². The molecule has 1 atom stereocenters. The first kappa shape index (κ1) is 10.7. The van der Waals surface area contributed by atoms with Gasteiger partial charge in [-0.3, -0.25) is 0 Å². The van der Waals surface area contributed by atoms with Crippen LogP contribution in [0.25, 0.3) is 0 Å². The largest absolute Gasteiger partial charge is 0.323 e. The highest BCUT2D eigenvalue weighted by molar-refractivity contribution is 7.12. The number of nitrogens with two attached hydrogens (primary N) is 1. The lowest BCUT2D eigenvalue weighted by Crippen LogP contribution is -2.05. The van der Waals surface area contributed by atoms with Crippen LogP contribution in [0.5, 0.6) is 0 Å². The predicted octanol–water partition coefficient (Wildman–Crippen LogP) is 3.50. The van der Waals surface area contributed by atoms with Crippen LogP contribution < -0.4 is 5.73 Å². The van der Waals surface area contributed by atoms with Gasteiger partial charge in [-0.2, -0.15) is 0 Å². The molecule has 2 heteroatoms. The molecule has 13 heavy (non-hydrogen) atoms. The van der Waals surface area contributed by atoms with Gasteiger partial charge in [-0.15, -0.1) is 11.3 Å². The fourth-order valence-electron chi connectivity index (χ4n) is 1.28. The van der Waals surface area contributed by atoms with Gasteiger partial charge in [-0.1, -0.05) is 20.3 Å². The summed E-state index contributed by atoms with van der Waals surface area (Å²) in [4.78, 5) is 2.83. The Balaban J connectivity index is 2.53. The van der Waals surface area contributed by atoms with Crippen molar-refractivity contribution in [1.82, 2.24) is 0 Å². The molecule has 0 fully saturated rings. The molecule has 0 bridgehead atoms. The lowest BCUT2D eigenvalue weighted by molar-refractivity contribution is 0.712. The quantitative estimate of drug-likeness (QED) is 0.768. The summed E-state index contributed by atoms with van der Waals surface area (Å²) in [7, 11) is 0. The summed E-state index contributed by atoms with van der Waals surface area (Å²) in [6.07, 6.45) is 4.82. The van der Waals surface area contributed by atoms with Gasteiger partial charge >= 0.3 is 0 Å². The van der Waals surface area contributed by atoms with Crippen LogP contribution in [0, 0.1) is 0 Å². The van der Waals surface area contributed by atoms with Crippen LogP contribution in [-0.2, 0) is 6.42 Å². The zero-order valence-corrected chi connectivity index (χ0v) is 9.36. The molecule has 0 aliphatic carbocycles. The Kier molecular flexibility index (Phi) is 4.46. The molecule has 1 nitrogen and oxygen atoms in total. The van der Waals surface area contributed by atoms with E-state index in [2.05, 4.69) is 26.0 Å². The Morgan fingerprint density at radius 2 is 2.15 bits per heavy atom. The van der Waals surface area contributed by atoms with E-state index in [-0.39, 0.29) is 6.04 Å². The minimum absolute atomic E-state index is 0.250.